The predicted molar refractivity (Wildman–Crippen MR) is 171 cm³/mol. The van der Waals surface area contributed by atoms with Gasteiger partial charge in [0.25, 0.3) is 11.5 Å². The molecule has 4 rings (SSSR count). The Morgan fingerprint density at radius 2 is 1.76 bits per heavy atom. The fourth-order valence-electron chi connectivity index (χ4n) is 4.74. The van der Waals surface area contributed by atoms with Gasteiger partial charge in [0.2, 0.25) is 0 Å². The minimum atomic E-state index is -2.13. The molecule has 1 aromatic heterocycles. The molecule has 4 unspecified atom stereocenters. The van der Waals surface area contributed by atoms with Crippen molar-refractivity contribution >= 4 is 36.8 Å². The average molecular weight is 709 g/mol. The standard InChI is InChI=1S/C31H41IN2O7Si/c1-9-10-11-15-18-21-25(32)33(29(37)34(27(21)36)26(35)20-16-13-12-14-17-20)28-24-23(40-31(5,6)41-24)22(39-28)19-38-42(7,8)30(2,3)4/h12-14,16-17,22-24,28H,9-11,19H2,1-8H3. The molecule has 3 heterocycles. The van der Waals surface area contributed by atoms with Gasteiger partial charge in [0.05, 0.1) is 6.61 Å². The van der Waals surface area contributed by atoms with Crippen LogP contribution in [0.5, 0.6) is 0 Å². The number of fused-ring (bicyclic) bond motifs is 1. The van der Waals surface area contributed by atoms with Crippen LogP contribution in [-0.2, 0) is 18.6 Å². The molecule has 0 N–H and O–H groups in total. The lowest BCUT2D eigenvalue weighted by atomic mass is 10.1. The number of carbonyl (C=O) groups excluding carboxylic acids is 1. The van der Waals surface area contributed by atoms with Crippen LogP contribution >= 0.6 is 22.6 Å². The van der Waals surface area contributed by atoms with Gasteiger partial charge in [-0.05, 0) is 73.1 Å². The first kappa shape index (κ1) is 32.8. The zero-order valence-corrected chi connectivity index (χ0v) is 28.8. The summed E-state index contributed by atoms with van der Waals surface area (Å²) in [5, 5.41) is -0.0122. The van der Waals surface area contributed by atoms with E-state index in [-0.39, 0.29) is 26.5 Å². The number of rotatable bonds is 7. The maximum absolute atomic E-state index is 14.1. The average Bonchev–Trinajstić information content (AvgIpc) is 3.40. The fourth-order valence-corrected chi connectivity index (χ4v) is 6.60. The SMILES string of the molecule is CCCCC#Cc1c(I)n(C2OC(CO[Si](C)(C)C(C)(C)C)C3OC(C)(C)OC32)c(=O)n(C(=O)c2ccccc2)c1=O. The summed E-state index contributed by atoms with van der Waals surface area (Å²) >= 11 is 1.95. The number of unbranched alkanes of at least 4 members (excludes halogenated alkanes) is 2. The van der Waals surface area contributed by atoms with Gasteiger partial charge < -0.3 is 18.6 Å². The molecular formula is C31H41IN2O7Si. The number of hydrogen-bond acceptors (Lipinski definition) is 7. The van der Waals surface area contributed by atoms with Crippen LogP contribution in [-0.4, -0.2) is 54.1 Å². The lowest BCUT2D eigenvalue weighted by molar-refractivity contribution is -0.200. The highest BCUT2D eigenvalue weighted by Crippen LogP contribution is 2.44. The first-order chi connectivity index (χ1) is 19.6. The number of aromatic nitrogens is 2. The van der Waals surface area contributed by atoms with Gasteiger partial charge in [-0.25, -0.2) is 4.79 Å². The molecule has 9 nitrogen and oxygen atoms in total. The number of halogens is 1. The van der Waals surface area contributed by atoms with Gasteiger partial charge in [-0.2, -0.15) is 4.57 Å². The van der Waals surface area contributed by atoms with Crippen molar-refractivity contribution in [3.8, 4) is 11.8 Å². The summed E-state index contributed by atoms with van der Waals surface area (Å²) in [5.41, 5.74) is -1.30. The summed E-state index contributed by atoms with van der Waals surface area (Å²) < 4.78 is 27.8. The van der Waals surface area contributed by atoms with Crippen LogP contribution in [0.15, 0.2) is 39.9 Å². The number of ether oxygens (including phenoxy) is 3. The highest BCUT2D eigenvalue weighted by Gasteiger charge is 2.57. The third kappa shape index (κ3) is 6.54. The highest BCUT2D eigenvalue weighted by molar-refractivity contribution is 14.1. The van der Waals surface area contributed by atoms with Crippen molar-refractivity contribution in [2.45, 2.75) is 109 Å². The first-order valence-corrected chi connectivity index (χ1v) is 18.4. The highest BCUT2D eigenvalue weighted by atomic mass is 127. The van der Waals surface area contributed by atoms with Crippen LogP contribution in [0.1, 0.15) is 83.0 Å². The molecule has 0 aliphatic carbocycles. The zero-order valence-electron chi connectivity index (χ0n) is 25.7. The second-order valence-corrected chi connectivity index (χ2v) is 18.6. The maximum atomic E-state index is 14.1. The van der Waals surface area contributed by atoms with E-state index in [1.54, 1.807) is 30.3 Å². The number of hydrogen-bond donors (Lipinski definition) is 0. The summed E-state index contributed by atoms with van der Waals surface area (Å²) in [6.45, 7) is 16.7. The van der Waals surface area contributed by atoms with Gasteiger partial charge in [-0.15, -0.1) is 0 Å². The number of nitrogens with zero attached hydrogens (tertiary/aromatic N) is 2. The van der Waals surface area contributed by atoms with Crippen molar-refractivity contribution in [2.24, 2.45) is 0 Å². The Hall–Kier alpha value is -2.08. The number of benzene rings is 1. The summed E-state index contributed by atoms with van der Waals surface area (Å²) in [4.78, 5) is 41.3. The molecule has 0 saturated carbocycles. The smallest absolute Gasteiger partial charge is 0.341 e. The van der Waals surface area contributed by atoms with Crippen LogP contribution < -0.4 is 11.2 Å². The minimum absolute atomic E-state index is 0.0122. The molecule has 1 aromatic carbocycles. The zero-order chi connectivity index (χ0) is 31.0. The second-order valence-electron chi connectivity index (χ2n) is 12.7. The molecule has 2 saturated heterocycles. The van der Waals surface area contributed by atoms with E-state index in [4.69, 9.17) is 18.6 Å². The van der Waals surface area contributed by atoms with E-state index in [0.717, 1.165) is 12.8 Å². The molecule has 0 spiro atoms. The van der Waals surface area contributed by atoms with E-state index >= 15 is 0 Å². The number of carbonyl (C=O) groups is 1. The van der Waals surface area contributed by atoms with E-state index in [1.165, 1.54) is 4.57 Å². The molecule has 42 heavy (non-hydrogen) atoms. The van der Waals surface area contributed by atoms with Crippen LogP contribution in [0.2, 0.25) is 18.1 Å². The Balaban J connectivity index is 1.84. The Kier molecular flexibility index (Phi) is 9.76. The van der Waals surface area contributed by atoms with Gasteiger partial charge >= 0.3 is 5.69 Å². The second kappa shape index (κ2) is 12.5. The lowest BCUT2D eigenvalue weighted by Gasteiger charge is -2.37. The summed E-state index contributed by atoms with van der Waals surface area (Å²) in [6, 6.07) is 8.25. The Morgan fingerprint density at radius 1 is 1.12 bits per heavy atom. The van der Waals surface area contributed by atoms with Crippen molar-refractivity contribution in [1.29, 1.82) is 0 Å². The Bertz CT molecular complexity index is 1500. The summed E-state index contributed by atoms with van der Waals surface area (Å²) in [7, 11) is -2.13. The quantitative estimate of drug-likeness (QED) is 0.127. The van der Waals surface area contributed by atoms with Gasteiger partial charge in [-0.1, -0.05) is 64.2 Å². The molecule has 228 valence electrons. The fraction of sp³-hybridized carbons (Fsp3) is 0.581. The Labute approximate surface area is 262 Å². The molecular weight excluding hydrogens is 667 g/mol. The topological polar surface area (TPSA) is 98.0 Å². The summed E-state index contributed by atoms with van der Waals surface area (Å²) in [6.07, 6.45) is -0.322. The molecule has 2 fully saturated rings. The van der Waals surface area contributed by atoms with E-state index in [9.17, 15) is 14.4 Å². The molecule has 4 atom stereocenters. The van der Waals surface area contributed by atoms with Gasteiger partial charge in [-0.3, -0.25) is 14.2 Å². The van der Waals surface area contributed by atoms with Crippen molar-refractivity contribution < 1.29 is 23.4 Å². The van der Waals surface area contributed by atoms with Crippen molar-refractivity contribution in [2.75, 3.05) is 6.61 Å². The molecule has 0 radical (unpaired) electrons. The third-order valence-electron chi connectivity index (χ3n) is 8.12. The van der Waals surface area contributed by atoms with E-state index in [0.29, 0.717) is 11.0 Å². The van der Waals surface area contributed by atoms with Gasteiger partial charge in [0.1, 0.15) is 27.6 Å². The maximum Gasteiger partial charge on any atom is 0.341 e. The monoisotopic (exact) mass is 708 g/mol. The molecule has 2 aliphatic rings. The van der Waals surface area contributed by atoms with Crippen molar-refractivity contribution in [3.05, 3.63) is 66.0 Å². The molecule has 2 aliphatic heterocycles. The van der Waals surface area contributed by atoms with E-state index in [2.05, 4.69) is 52.6 Å². The van der Waals surface area contributed by atoms with Crippen molar-refractivity contribution in [3.63, 3.8) is 0 Å². The molecule has 0 bridgehead atoms. The third-order valence-corrected chi connectivity index (χ3v) is 13.7. The van der Waals surface area contributed by atoms with Crippen LogP contribution in [0, 0.1) is 15.5 Å². The van der Waals surface area contributed by atoms with Gasteiger partial charge in [0, 0.05) is 12.0 Å². The normalized spacial score (nSPS) is 23.4. The Morgan fingerprint density at radius 3 is 2.38 bits per heavy atom. The van der Waals surface area contributed by atoms with Crippen molar-refractivity contribution in [1.82, 2.24) is 9.13 Å². The van der Waals surface area contributed by atoms with Crippen LogP contribution in [0.25, 0.3) is 0 Å². The largest absolute Gasteiger partial charge is 0.414 e. The summed E-state index contributed by atoms with van der Waals surface area (Å²) in [5.74, 6) is 4.33. The van der Waals surface area contributed by atoms with Crippen LogP contribution in [0.3, 0.4) is 0 Å². The predicted octanol–water partition coefficient (Wildman–Crippen LogP) is 5.28. The minimum Gasteiger partial charge on any atom is -0.414 e. The molecule has 0 amide bonds. The first-order valence-electron chi connectivity index (χ1n) is 14.4. The van der Waals surface area contributed by atoms with Crippen LogP contribution in [0.4, 0.5) is 0 Å². The lowest BCUT2D eigenvalue weighted by Crippen LogP contribution is -2.49. The van der Waals surface area contributed by atoms with E-state index in [1.807, 2.05) is 36.4 Å². The van der Waals surface area contributed by atoms with Gasteiger partial charge in [0.15, 0.2) is 20.3 Å². The molecule has 2 aromatic rings. The molecule has 11 heteroatoms. The van der Waals surface area contributed by atoms with E-state index < -0.39 is 55.8 Å².